The number of carbonyl (C=O) groups is 1. The van der Waals surface area contributed by atoms with Crippen LogP contribution in [0.15, 0.2) is 12.7 Å². The first-order valence-corrected chi connectivity index (χ1v) is 5.57. The van der Waals surface area contributed by atoms with Crippen LogP contribution in [0.2, 0.25) is 0 Å². The van der Waals surface area contributed by atoms with Gasteiger partial charge in [0.15, 0.2) is 0 Å². The molecule has 1 aliphatic heterocycles. The van der Waals surface area contributed by atoms with Crippen LogP contribution in [-0.4, -0.2) is 42.8 Å². The van der Waals surface area contributed by atoms with E-state index < -0.39 is 0 Å². The van der Waals surface area contributed by atoms with Crippen LogP contribution in [0.5, 0.6) is 0 Å². The molecule has 1 heterocycles. The van der Waals surface area contributed by atoms with E-state index in [0.29, 0.717) is 19.2 Å². The van der Waals surface area contributed by atoms with Crippen LogP contribution in [-0.2, 0) is 4.74 Å². The first kappa shape index (κ1) is 10.5. The van der Waals surface area contributed by atoms with E-state index >= 15 is 0 Å². The van der Waals surface area contributed by atoms with Crippen molar-refractivity contribution in [3.05, 3.63) is 12.7 Å². The quantitative estimate of drug-likeness (QED) is 0.707. The largest absolute Gasteiger partial charge is 0.379 e. The lowest BCUT2D eigenvalue weighted by Gasteiger charge is -2.23. The van der Waals surface area contributed by atoms with Crippen LogP contribution in [0.25, 0.3) is 0 Å². The number of urea groups is 1. The van der Waals surface area contributed by atoms with E-state index in [0.717, 1.165) is 25.9 Å². The summed E-state index contributed by atoms with van der Waals surface area (Å²) in [6.45, 7) is 5.73. The molecule has 2 aliphatic rings. The second kappa shape index (κ2) is 4.66. The van der Waals surface area contributed by atoms with Gasteiger partial charge in [-0.1, -0.05) is 6.08 Å². The highest BCUT2D eigenvalue weighted by Crippen LogP contribution is 2.26. The van der Waals surface area contributed by atoms with Gasteiger partial charge >= 0.3 is 6.03 Å². The van der Waals surface area contributed by atoms with Gasteiger partial charge in [0.2, 0.25) is 0 Å². The van der Waals surface area contributed by atoms with E-state index in [1.807, 2.05) is 4.90 Å². The molecule has 0 aromatic rings. The minimum atomic E-state index is 0.0351. The van der Waals surface area contributed by atoms with E-state index in [-0.39, 0.29) is 12.1 Å². The summed E-state index contributed by atoms with van der Waals surface area (Å²) in [4.78, 5) is 13.7. The minimum Gasteiger partial charge on any atom is -0.379 e. The average Bonchev–Trinajstić information content (AvgIpc) is 2.93. The van der Waals surface area contributed by atoms with Crippen LogP contribution in [0, 0.1) is 0 Å². The lowest BCUT2D eigenvalue weighted by molar-refractivity contribution is 0.179. The Bertz CT molecular complexity index is 245. The fraction of sp³-hybridized carbons (Fsp3) is 0.727. The van der Waals surface area contributed by atoms with Gasteiger partial charge in [-0.3, -0.25) is 0 Å². The Hall–Kier alpha value is -1.03. The number of ether oxygens (including phenoxy) is 1. The molecule has 4 nitrogen and oxygen atoms in total. The highest BCUT2D eigenvalue weighted by molar-refractivity contribution is 5.75. The van der Waals surface area contributed by atoms with Gasteiger partial charge in [-0.15, -0.1) is 6.58 Å². The van der Waals surface area contributed by atoms with Gasteiger partial charge in [0.25, 0.3) is 0 Å². The molecular weight excluding hydrogens is 192 g/mol. The maximum absolute atomic E-state index is 11.9. The fourth-order valence-corrected chi connectivity index (χ4v) is 1.83. The molecule has 1 unspecified atom stereocenters. The van der Waals surface area contributed by atoms with Gasteiger partial charge in [-0.25, -0.2) is 4.79 Å². The van der Waals surface area contributed by atoms with Crippen molar-refractivity contribution in [2.45, 2.75) is 31.3 Å². The van der Waals surface area contributed by atoms with Crippen molar-refractivity contribution in [2.75, 3.05) is 19.8 Å². The summed E-state index contributed by atoms with van der Waals surface area (Å²) in [5, 5.41) is 3.00. The lowest BCUT2D eigenvalue weighted by atomic mass is 10.3. The third-order valence-corrected chi connectivity index (χ3v) is 2.83. The van der Waals surface area contributed by atoms with Crippen LogP contribution >= 0.6 is 0 Å². The van der Waals surface area contributed by atoms with Crippen LogP contribution in [0.1, 0.15) is 19.3 Å². The first-order valence-electron chi connectivity index (χ1n) is 5.57. The number of hydrogen-bond acceptors (Lipinski definition) is 2. The van der Waals surface area contributed by atoms with Crippen molar-refractivity contribution >= 4 is 6.03 Å². The molecule has 2 fully saturated rings. The van der Waals surface area contributed by atoms with E-state index in [1.165, 1.54) is 0 Å². The summed E-state index contributed by atoms with van der Waals surface area (Å²) in [5.74, 6) is 0. The Balaban J connectivity index is 1.83. The summed E-state index contributed by atoms with van der Waals surface area (Å²) in [6, 6.07) is 0.668. The van der Waals surface area contributed by atoms with Crippen LogP contribution in [0.4, 0.5) is 4.79 Å². The number of nitrogens with zero attached hydrogens (tertiary/aromatic N) is 1. The minimum absolute atomic E-state index is 0.0351. The normalized spacial score (nSPS) is 24.9. The maximum Gasteiger partial charge on any atom is 0.318 e. The molecule has 2 amide bonds. The average molecular weight is 210 g/mol. The number of rotatable bonds is 4. The third kappa shape index (κ3) is 2.72. The topological polar surface area (TPSA) is 41.6 Å². The fourth-order valence-electron chi connectivity index (χ4n) is 1.83. The summed E-state index contributed by atoms with van der Waals surface area (Å²) < 4.78 is 5.22. The Morgan fingerprint density at radius 2 is 2.33 bits per heavy atom. The molecular formula is C11H18N2O2. The molecule has 84 valence electrons. The van der Waals surface area contributed by atoms with Crippen molar-refractivity contribution < 1.29 is 9.53 Å². The number of hydrogen-bond donors (Lipinski definition) is 1. The van der Waals surface area contributed by atoms with E-state index in [2.05, 4.69) is 11.9 Å². The first-order chi connectivity index (χ1) is 7.31. The van der Waals surface area contributed by atoms with Gasteiger partial charge < -0.3 is 15.0 Å². The maximum atomic E-state index is 11.9. The highest BCUT2D eigenvalue weighted by Gasteiger charge is 2.32. The summed E-state index contributed by atoms with van der Waals surface area (Å²) in [6.07, 6.45) is 4.96. The molecule has 0 bridgehead atoms. The summed E-state index contributed by atoms with van der Waals surface area (Å²) >= 11 is 0. The number of amides is 2. The molecule has 1 N–H and O–H groups in total. The van der Waals surface area contributed by atoms with Gasteiger partial charge in [-0.05, 0) is 19.3 Å². The van der Waals surface area contributed by atoms with Crippen molar-refractivity contribution in [2.24, 2.45) is 0 Å². The van der Waals surface area contributed by atoms with E-state index in [9.17, 15) is 4.79 Å². The number of carbonyl (C=O) groups excluding carboxylic acids is 1. The van der Waals surface area contributed by atoms with E-state index in [1.54, 1.807) is 6.08 Å². The second-order valence-corrected chi connectivity index (χ2v) is 4.18. The van der Waals surface area contributed by atoms with Crippen molar-refractivity contribution in [1.82, 2.24) is 10.2 Å². The number of nitrogens with one attached hydrogen (secondary N) is 1. The Labute approximate surface area is 90.3 Å². The van der Waals surface area contributed by atoms with Gasteiger partial charge in [0, 0.05) is 19.2 Å². The predicted octanol–water partition coefficient (Wildman–Crippen LogP) is 1.14. The molecule has 0 radical (unpaired) electrons. The van der Waals surface area contributed by atoms with Crippen LogP contribution in [0.3, 0.4) is 0 Å². The van der Waals surface area contributed by atoms with Gasteiger partial charge in [-0.2, -0.15) is 0 Å². The van der Waals surface area contributed by atoms with Crippen LogP contribution < -0.4 is 5.32 Å². The summed E-state index contributed by atoms with van der Waals surface area (Å²) in [7, 11) is 0. The Morgan fingerprint density at radius 1 is 1.53 bits per heavy atom. The molecule has 15 heavy (non-hydrogen) atoms. The molecule has 1 saturated carbocycles. The lowest BCUT2D eigenvalue weighted by Crippen LogP contribution is -2.46. The molecule has 0 spiro atoms. The monoisotopic (exact) mass is 210 g/mol. The molecule has 1 aliphatic carbocycles. The van der Waals surface area contributed by atoms with Gasteiger partial charge in [0.05, 0.1) is 12.6 Å². The zero-order valence-electron chi connectivity index (χ0n) is 8.95. The molecule has 4 heteroatoms. The smallest absolute Gasteiger partial charge is 0.318 e. The Kier molecular flexibility index (Phi) is 3.26. The van der Waals surface area contributed by atoms with E-state index in [4.69, 9.17) is 4.74 Å². The zero-order chi connectivity index (χ0) is 10.7. The molecule has 1 atom stereocenters. The second-order valence-electron chi connectivity index (χ2n) is 4.18. The zero-order valence-corrected chi connectivity index (χ0v) is 8.95. The van der Waals surface area contributed by atoms with Crippen molar-refractivity contribution in [1.29, 1.82) is 0 Å². The molecule has 2 rings (SSSR count). The summed E-state index contributed by atoms with van der Waals surface area (Å²) in [5.41, 5.74) is 0. The van der Waals surface area contributed by atoms with Crippen molar-refractivity contribution in [3.8, 4) is 0 Å². The third-order valence-electron chi connectivity index (χ3n) is 2.83. The van der Waals surface area contributed by atoms with Crippen molar-refractivity contribution in [3.63, 3.8) is 0 Å². The molecule has 0 aromatic carbocycles. The standard InChI is InChI=1S/C11H18N2O2/c1-2-6-13(10-3-4-10)11(14)12-9-5-7-15-8-9/h2,9-10H,1,3-8H2,(H,12,14). The SMILES string of the molecule is C=CCN(C(=O)NC1CCOC1)C1CC1. The molecule has 1 saturated heterocycles. The predicted molar refractivity (Wildman–Crippen MR) is 57.7 cm³/mol. The Morgan fingerprint density at radius 3 is 2.87 bits per heavy atom. The molecule has 0 aromatic heterocycles. The highest BCUT2D eigenvalue weighted by atomic mass is 16.5. The van der Waals surface area contributed by atoms with Gasteiger partial charge in [0.1, 0.15) is 0 Å².